The van der Waals surface area contributed by atoms with E-state index in [1.807, 2.05) is 32.9 Å². The number of carbonyl (C=O) groups is 3. The number of amides is 2. The molecule has 41 heavy (non-hydrogen) atoms. The fourth-order valence-corrected chi connectivity index (χ4v) is 7.15. The van der Waals surface area contributed by atoms with Crippen molar-refractivity contribution in [2.75, 3.05) is 32.2 Å². The summed E-state index contributed by atoms with van der Waals surface area (Å²) in [5.41, 5.74) is 3.83. The van der Waals surface area contributed by atoms with Gasteiger partial charge in [-0.05, 0) is 51.7 Å². The van der Waals surface area contributed by atoms with E-state index >= 15 is 0 Å². The number of carbonyl (C=O) groups excluding carboxylic acids is 3. The lowest BCUT2D eigenvalue weighted by Crippen LogP contribution is -2.57. The first-order chi connectivity index (χ1) is 19.6. The van der Waals surface area contributed by atoms with Gasteiger partial charge in [0, 0.05) is 61.1 Å². The Morgan fingerprint density at radius 3 is 2.78 bits per heavy atom. The highest BCUT2D eigenvalue weighted by molar-refractivity contribution is 7.13. The summed E-state index contributed by atoms with van der Waals surface area (Å²) in [6.45, 7) is 7.54. The van der Waals surface area contributed by atoms with Crippen LogP contribution in [0.4, 0.5) is 5.69 Å². The van der Waals surface area contributed by atoms with E-state index in [2.05, 4.69) is 31.9 Å². The summed E-state index contributed by atoms with van der Waals surface area (Å²) >= 11 is 1.38. The molecule has 0 radical (unpaired) electrons. The van der Waals surface area contributed by atoms with Crippen LogP contribution in [0.1, 0.15) is 64.6 Å². The maximum atomic E-state index is 13.5. The van der Waals surface area contributed by atoms with Crippen LogP contribution in [-0.4, -0.2) is 83.1 Å². The predicted octanol–water partition coefficient (Wildman–Crippen LogP) is 2.22. The molecule has 2 unspecified atom stereocenters. The minimum Gasteiger partial charge on any atom is -0.394 e. The fourth-order valence-electron chi connectivity index (χ4n) is 6.13. The topological polar surface area (TPSA) is 133 Å². The standard InChI is InChI=1S/C30H41N5O5S/c1-17-5-7-20-19(11-17)13-24(31-20)27(38)32-21-8-6-18(25(37)15-40-4)12-23(21)33-28(39)29-34-22-9-10-35(14-26(22)41-29)30(2,3)16-36/h5,7,11,18,21,23-24,31,36H,6,8-10,12-16H2,1-4H3,(H,32,38)(H,33,39)/t18?,21-,23+,24?/m0/s1. The number of aromatic nitrogens is 1. The van der Waals surface area contributed by atoms with Gasteiger partial charge in [-0.2, -0.15) is 0 Å². The molecule has 3 heterocycles. The first kappa shape index (κ1) is 29.6. The first-order valence-corrected chi connectivity index (χ1v) is 15.2. The van der Waals surface area contributed by atoms with E-state index < -0.39 is 6.04 Å². The second-order valence-corrected chi connectivity index (χ2v) is 13.3. The first-order valence-electron chi connectivity index (χ1n) is 14.4. The van der Waals surface area contributed by atoms with E-state index in [0.29, 0.717) is 43.7 Å². The summed E-state index contributed by atoms with van der Waals surface area (Å²) in [4.78, 5) is 47.4. The van der Waals surface area contributed by atoms with Gasteiger partial charge in [0.2, 0.25) is 5.91 Å². The van der Waals surface area contributed by atoms with Crippen LogP contribution in [0.3, 0.4) is 0 Å². The minimum atomic E-state index is -0.414. The number of aliphatic hydroxyl groups excluding tert-OH is 1. The number of hydrogen-bond donors (Lipinski definition) is 4. The lowest BCUT2D eigenvalue weighted by molar-refractivity contribution is -0.128. The average Bonchev–Trinajstić information content (AvgIpc) is 3.58. The molecule has 2 aliphatic heterocycles. The summed E-state index contributed by atoms with van der Waals surface area (Å²) in [5, 5.41) is 19.8. The molecule has 2 amide bonds. The lowest BCUT2D eigenvalue weighted by Gasteiger charge is -2.39. The molecule has 5 rings (SSSR count). The van der Waals surface area contributed by atoms with Crippen LogP contribution in [0, 0.1) is 12.8 Å². The van der Waals surface area contributed by atoms with E-state index in [-0.39, 0.29) is 54.4 Å². The summed E-state index contributed by atoms with van der Waals surface area (Å²) in [6.07, 6.45) is 2.96. The van der Waals surface area contributed by atoms with Crippen molar-refractivity contribution in [2.45, 2.75) is 83.1 Å². The number of Topliss-reactive ketones (excluding diaryl/α,β-unsaturated/α-hetero) is 1. The number of nitrogens with one attached hydrogen (secondary N) is 3. The number of fused-ring (bicyclic) bond motifs is 2. The number of nitrogens with zero attached hydrogens (tertiary/aromatic N) is 2. The molecular formula is C30H41N5O5S. The van der Waals surface area contributed by atoms with E-state index in [1.54, 1.807) is 0 Å². The molecule has 0 saturated heterocycles. The van der Waals surface area contributed by atoms with Crippen LogP contribution >= 0.6 is 11.3 Å². The van der Waals surface area contributed by atoms with Crippen LogP contribution < -0.4 is 16.0 Å². The second-order valence-electron chi connectivity index (χ2n) is 12.2. The van der Waals surface area contributed by atoms with Crippen LogP contribution in [-0.2, 0) is 33.7 Å². The molecular weight excluding hydrogens is 542 g/mol. The van der Waals surface area contributed by atoms with Gasteiger partial charge in [-0.15, -0.1) is 11.3 Å². The van der Waals surface area contributed by atoms with E-state index in [1.165, 1.54) is 18.4 Å². The van der Waals surface area contributed by atoms with Gasteiger partial charge in [0.25, 0.3) is 5.91 Å². The van der Waals surface area contributed by atoms with Crippen molar-refractivity contribution in [2.24, 2.45) is 5.92 Å². The van der Waals surface area contributed by atoms with Crippen molar-refractivity contribution in [3.8, 4) is 0 Å². The molecule has 4 N–H and O–H groups in total. The Morgan fingerprint density at radius 2 is 2.02 bits per heavy atom. The lowest BCUT2D eigenvalue weighted by atomic mass is 9.80. The van der Waals surface area contributed by atoms with Crippen molar-refractivity contribution in [3.05, 3.63) is 44.9 Å². The number of thiazole rings is 1. The summed E-state index contributed by atoms with van der Waals surface area (Å²) in [6, 6.07) is 5.03. The molecule has 10 nitrogen and oxygen atoms in total. The molecule has 222 valence electrons. The Bertz CT molecular complexity index is 1310. The predicted molar refractivity (Wildman–Crippen MR) is 157 cm³/mol. The Balaban J connectivity index is 1.28. The maximum Gasteiger partial charge on any atom is 0.280 e. The molecule has 0 bridgehead atoms. The van der Waals surface area contributed by atoms with Gasteiger partial charge < -0.3 is 25.8 Å². The molecule has 2 aromatic rings. The monoisotopic (exact) mass is 583 g/mol. The molecule has 1 aliphatic carbocycles. The maximum absolute atomic E-state index is 13.5. The number of benzene rings is 1. The number of methoxy groups -OCH3 is 1. The van der Waals surface area contributed by atoms with Crippen molar-refractivity contribution in [1.82, 2.24) is 20.5 Å². The average molecular weight is 584 g/mol. The molecule has 4 atom stereocenters. The Labute approximate surface area is 245 Å². The van der Waals surface area contributed by atoms with Gasteiger partial charge in [0.05, 0.1) is 18.3 Å². The van der Waals surface area contributed by atoms with Gasteiger partial charge in [0.1, 0.15) is 12.6 Å². The van der Waals surface area contributed by atoms with Crippen LogP contribution in [0.15, 0.2) is 18.2 Å². The van der Waals surface area contributed by atoms with Crippen molar-refractivity contribution >= 4 is 34.6 Å². The number of ketones is 1. The van der Waals surface area contributed by atoms with Crippen LogP contribution in [0.25, 0.3) is 0 Å². The van der Waals surface area contributed by atoms with Gasteiger partial charge in [-0.25, -0.2) is 4.98 Å². The van der Waals surface area contributed by atoms with Gasteiger partial charge in [-0.3, -0.25) is 19.3 Å². The van der Waals surface area contributed by atoms with E-state index in [4.69, 9.17) is 4.74 Å². The third kappa shape index (κ3) is 6.48. The quantitative estimate of drug-likeness (QED) is 0.353. The normalized spacial score (nSPS) is 24.2. The third-order valence-corrected chi connectivity index (χ3v) is 9.82. The molecule has 1 saturated carbocycles. The molecule has 1 fully saturated rings. The SMILES string of the molecule is COCC(=O)C1CC[C@H](NC(=O)C2Cc3cc(C)ccc3N2)[C@H](NC(=O)c2nc3c(s2)CN(C(C)(C)CO)CC3)C1. The second kappa shape index (κ2) is 12.2. The highest BCUT2D eigenvalue weighted by atomic mass is 32.1. The van der Waals surface area contributed by atoms with Crippen molar-refractivity contribution in [3.63, 3.8) is 0 Å². The summed E-state index contributed by atoms with van der Waals surface area (Å²) in [5.74, 6) is -0.635. The molecule has 3 aliphatic rings. The summed E-state index contributed by atoms with van der Waals surface area (Å²) in [7, 11) is 1.50. The zero-order chi connectivity index (χ0) is 29.3. The highest BCUT2D eigenvalue weighted by Crippen LogP contribution is 2.31. The van der Waals surface area contributed by atoms with Crippen LogP contribution in [0.2, 0.25) is 0 Å². The third-order valence-electron chi connectivity index (χ3n) is 8.74. The van der Waals surface area contributed by atoms with E-state index in [0.717, 1.165) is 33.9 Å². The zero-order valence-electron chi connectivity index (χ0n) is 24.3. The number of ether oxygens (including phenoxy) is 1. The largest absolute Gasteiger partial charge is 0.394 e. The van der Waals surface area contributed by atoms with E-state index in [9.17, 15) is 19.5 Å². The highest BCUT2D eigenvalue weighted by Gasteiger charge is 2.38. The van der Waals surface area contributed by atoms with Gasteiger partial charge in [0.15, 0.2) is 10.8 Å². The van der Waals surface area contributed by atoms with Gasteiger partial charge in [-0.1, -0.05) is 17.7 Å². The molecule has 0 spiro atoms. The van der Waals surface area contributed by atoms with Gasteiger partial charge >= 0.3 is 0 Å². The molecule has 1 aromatic heterocycles. The number of anilines is 1. The van der Waals surface area contributed by atoms with Crippen LogP contribution in [0.5, 0.6) is 0 Å². The van der Waals surface area contributed by atoms with Crippen molar-refractivity contribution < 1.29 is 24.2 Å². The number of hydrogen-bond acceptors (Lipinski definition) is 9. The number of rotatable bonds is 9. The molecule has 1 aromatic carbocycles. The fraction of sp³-hybridized carbons (Fsp3) is 0.600. The minimum absolute atomic E-state index is 0.0103. The Hall–Kier alpha value is -2.86. The summed E-state index contributed by atoms with van der Waals surface area (Å²) < 4.78 is 5.08. The zero-order valence-corrected chi connectivity index (χ0v) is 25.1. The Kier molecular flexibility index (Phi) is 8.79. The smallest absolute Gasteiger partial charge is 0.280 e. The number of aryl methyl sites for hydroxylation is 1. The molecule has 11 heteroatoms. The Morgan fingerprint density at radius 1 is 1.22 bits per heavy atom. The van der Waals surface area contributed by atoms with Crippen molar-refractivity contribution in [1.29, 1.82) is 0 Å². The number of aliphatic hydroxyl groups is 1.